The molecule has 1 fully saturated rings. The van der Waals surface area contributed by atoms with Crippen molar-refractivity contribution >= 4 is 17.6 Å². The van der Waals surface area contributed by atoms with E-state index in [1.807, 2.05) is 4.57 Å². The molecular weight excluding hydrogens is 349 g/mol. The molecule has 4 rings (SSSR count). The first-order valence-electron chi connectivity index (χ1n) is 8.76. The summed E-state index contributed by atoms with van der Waals surface area (Å²) < 4.78 is 15.0. The number of nitrogens with one attached hydrogen (secondary N) is 1. The normalized spacial score (nSPS) is 15.8. The van der Waals surface area contributed by atoms with Gasteiger partial charge in [0.15, 0.2) is 0 Å². The third-order valence-corrected chi connectivity index (χ3v) is 5.05. The number of hydrogen-bond donors (Lipinski definition) is 2. The van der Waals surface area contributed by atoms with E-state index >= 15 is 0 Å². The minimum absolute atomic E-state index is 0.187. The lowest BCUT2D eigenvalue weighted by Gasteiger charge is -2.30. The molecule has 0 unspecified atom stereocenters. The van der Waals surface area contributed by atoms with Crippen molar-refractivity contribution in [3.63, 3.8) is 0 Å². The number of halogens is 1. The molecule has 0 saturated heterocycles. The quantitative estimate of drug-likeness (QED) is 0.871. The van der Waals surface area contributed by atoms with Crippen LogP contribution in [0, 0.1) is 17.1 Å². The minimum atomic E-state index is -0.650. The summed E-state index contributed by atoms with van der Waals surface area (Å²) in [7, 11) is 0. The van der Waals surface area contributed by atoms with Gasteiger partial charge in [0.05, 0.1) is 23.4 Å². The summed E-state index contributed by atoms with van der Waals surface area (Å²) in [4.78, 5) is 26.2. The molecule has 0 bridgehead atoms. The molecule has 1 aliphatic carbocycles. The van der Waals surface area contributed by atoms with Crippen LogP contribution >= 0.6 is 0 Å². The van der Waals surface area contributed by atoms with Crippen molar-refractivity contribution in [3.05, 3.63) is 52.6 Å². The molecule has 1 aromatic carbocycles. The number of nitrogens with zero attached hydrogens (tertiary/aromatic N) is 3. The Hall–Kier alpha value is -3.34. The summed E-state index contributed by atoms with van der Waals surface area (Å²) in [5.41, 5.74) is 8.09. The summed E-state index contributed by atoms with van der Waals surface area (Å²) >= 11 is 0. The molecule has 2 aromatic rings. The van der Waals surface area contributed by atoms with Crippen LogP contribution in [0.15, 0.2) is 24.3 Å². The SMILES string of the molecule is N#Cc1c(C(N)=O)c2n(c1C1CC1)CCN(C(=O)Nc1ccc(F)cc1)C2. The lowest BCUT2D eigenvalue weighted by atomic mass is 10.1. The van der Waals surface area contributed by atoms with Gasteiger partial charge in [0.1, 0.15) is 11.9 Å². The van der Waals surface area contributed by atoms with E-state index in [1.54, 1.807) is 4.90 Å². The van der Waals surface area contributed by atoms with Gasteiger partial charge in [-0.05, 0) is 37.1 Å². The van der Waals surface area contributed by atoms with Gasteiger partial charge < -0.3 is 20.5 Å². The highest BCUT2D eigenvalue weighted by Crippen LogP contribution is 2.44. The molecule has 8 heteroatoms. The van der Waals surface area contributed by atoms with Crippen molar-refractivity contribution in [2.75, 3.05) is 11.9 Å². The van der Waals surface area contributed by atoms with Gasteiger partial charge in [-0.25, -0.2) is 9.18 Å². The molecule has 1 saturated carbocycles. The van der Waals surface area contributed by atoms with Gasteiger partial charge in [-0.1, -0.05) is 0 Å². The van der Waals surface area contributed by atoms with Crippen LogP contribution in [0.1, 0.15) is 46.1 Å². The summed E-state index contributed by atoms with van der Waals surface area (Å²) in [6, 6.07) is 7.28. The van der Waals surface area contributed by atoms with Crippen LogP contribution in [-0.4, -0.2) is 28.0 Å². The lowest BCUT2D eigenvalue weighted by molar-refractivity contribution is 0.0997. The number of hydrogen-bond acceptors (Lipinski definition) is 3. The van der Waals surface area contributed by atoms with Crippen LogP contribution in [-0.2, 0) is 13.1 Å². The molecule has 7 nitrogen and oxygen atoms in total. The van der Waals surface area contributed by atoms with Crippen LogP contribution < -0.4 is 11.1 Å². The summed E-state index contributed by atoms with van der Waals surface area (Å²) in [5.74, 6) is -0.749. The maximum atomic E-state index is 13.0. The average molecular weight is 367 g/mol. The zero-order valence-corrected chi connectivity index (χ0v) is 14.5. The van der Waals surface area contributed by atoms with E-state index in [0.29, 0.717) is 30.0 Å². The van der Waals surface area contributed by atoms with Crippen molar-refractivity contribution in [3.8, 4) is 6.07 Å². The Bertz CT molecular complexity index is 969. The molecule has 0 atom stereocenters. The second-order valence-corrected chi connectivity index (χ2v) is 6.84. The predicted molar refractivity (Wildman–Crippen MR) is 95.5 cm³/mol. The summed E-state index contributed by atoms with van der Waals surface area (Å²) in [6.45, 7) is 1.13. The van der Waals surface area contributed by atoms with Gasteiger partial charge >= 0.3 is 6.03 Å². The smallest absolute Gasteiger partial charge is 0.322 e. The van der Waals surface area contributed by atoms with Gasteiger partial charge in [0.25, 0.3) is 5.91 Å². The van der Waals surface area contributed by atoms with Gasteiger partial charge in [-0.3, -0.25) is 4.79 Å². The molecular formula is C19H18FN5O2. The molecule has 1 aromatic heterocycles. The molecule has 27 heavy (non-hydrogen) atoms. The van der Waals surface area contributed by atoms with Gasteiger partial charge in [0.2, 0.25) is 0 Å². The van der Waals surface area contributed by atoms with Crippen LogP contribution in [0.25, 0.3) is 0 Å². The molecule has 1 aliphatic heterocycles. The van der Waals surface area contributed by atoms with Crippen molar-refractivity contribution in [1.29, 1.82) is 5.26 Å². The highest BCUT2D eigenvalue weighted by Gasteiger charge is 2.37. The Balaban J connectivity index is 1.62. The standard InChI is InChI=1S/C19H18FN5O2/c20-12-3-5-13(6-4-12)23-19(27)24-7-8-25-15(10-24)16(18(22)26)14(9-21)17(25)11-1-2-11/h3-6,11H,1-2,7-8,10H2,(H2,22,26)(H,23,27). The Morgan fingerprint density at radius 1 is 1.22 bits per heavy atom. The van der Waals surface area contributed by atoms with E-state index in [4.69, 9.17) is 5.73 Å². The minimum Gasteiger partial charge on any atom is -0.366 e. The zero-order valence-electron chi connectivity index (χ0n) is 14.5. The first-order valence-corrected chi connectivity index (χ1v) is 8.76. The number of primary amides is 1. The molecule has 0 spiro atoms. The van der Waals surface area contributed by atoms with Crippen molar-refractivity contribution < 1.29 is 14.0 Å². The number of carbonyl (C=O) groups is 2. The number of rotatable bonds is 3. The number of nitriles is 1. The van der Waals surface area contributed by atoms with Crippen LogP contribution in [0.5, 0.6) is 0 Å². The predicted octanol–water partition coefficient (Wildman–Crippen LogP) is 2.52. The number of amides is 3. The Morgan fingerprint density at radius 3 is 2.52 bits per heavy atom. The van der Waals surface area contributed by atoms with Crippen LogP contribution in [0.3, 0.4) is 0 Å². The molecule has 3 N–H and O–H groups in total. The van der Waals surface area contributed by atoms with Gasteiger partial charge in [-0.2, -0.15) is 5.26 Å². The number of fused-ring (bicyclic) bond motifs is 1. The van der Waals surface area contributed by atoms with Gasteiger partial charge in [-0.15, -0.1) is 0 Å². The molecule has 2 aliphatic rings. The van der Waals surface area contributed by atoms with Crippen LogP contribution in [0.4, 0.5) is 14.9 Å². The van der Waals surface area contributed by atoms with Crippen molar-refractivity contribution in [2.24, 2.45) is 5.73 Å². The number of anilines is 1. The third-order valence-electron chi connectivity index (χ3n) is 5.05. The highest BCUT2D eigenvalue weighted by atomic mass is 19.1. The second kappa shape index (κ2) is 6.43. The average Bonchev–Trinajstić information content (AvgIpc) is 3.43. The maximum absolute atomic E-state index is 13.0. The van der Waals surface area contributed by atoms with E-state index in [-0.39, 0.29) is 29.9 Å². The fraction of sp³-hybridized carbons (Fsp3) is 0.316. The second-order valence-electron chi connectivity index (χ2n) is 6.84. The Kier molecular flexibility index (Phi) is 4.07. The maximum Gasteiger partial charge on any atom is 0.322 e. The molecule has 0 radical (unpaired) electrons. The monoisotopic (exact) mass is 367 g/mol. The Morgan fingerprint density at radius 2 is 1.93 bits per heavy atom. The van der Waals surface area contributed by atoms with Crippen molar-refractivity contribution in [1.82, 2.24) is 9.47 Å². The van der Waals surface area contributed by atoms with E-state index in [1.165, 1.54) is 24.3 Å². The van der Waals surface area contributed by atoms with E-state index in [0.717, 1.165) is 18.5 Å². The highest BCUT2D eigenvalue weighted by molar-refractivity contribution is 5.98. The topological polar surface area (TPSA) is 104 Å². The first kappa shape index (κ1) is 17.1. The van der Waals surface area contributed by atoms with E-state index < -0.39 is 5.91 Å². The number of urea groups is 1. The number of nitrogens with two attached hydrogens (primary N) is 1. The Labute approximate surface area is 155 Å². The zero-order chi connectivity index (χ0) is 19.1. The number of carbonyl (C=O) groups excluding carboxylic acids is 2. The summed E-state index contributed by atoms with van der Waals surface area (Å²) in [6.07, 6.45) is 1.98. The van der Waals surface area contributed by atoms with Crippen molar-refractivity contribution in [2.45, 2.75) is 31.8 Å². The largest absolute Gasteiger partial charge is 0.366 e. The van der Waals surface area contributed by atoms with Crippen LogP contribution in [0.2, 0.25) is 0 Å². The molecule has 138 valence electrons. The summed E-state index contributed by atoms with van der Waals surface area (Å²) in [5, 5.41) is 12.3. The fourth-order valence-corrected chi connectivity index (χ4v) is 3.66. The van der Waals surface area contributed by atoms with E-state index in [9.17, 15) is 19.2 Å². The fourth-order valence-electron chi connectivity index (χ4n) is 3.66. The van der Waals surface area contributed by atoms with E-state index in [2.05, 4.69) is 11.4 Å². The lowest BCUT2D eigenvalue weighted by Crippen LogP contribution is -2.41. The number of aromatic nitrogens is 1. The number of benzene rings is 1. The molecule has 2 heterocycles. The first-order chi connectivity index (χ1) is 13.0. The third kappa shape index (κ3) is 3.01. The molecule has 3 amide bonds. The van der Waals surface area contributed by atoms with Gasteiger partial charge in [0, 0.05) is 30.4 Å².